The van der Waals surface area contributed by atoms with Crippen molar-refractivity contribution in [3.8, 4) is 0 Å². The molecule has 0 amide bonds. The number of H-pyrrole nitrogens is 1. The lowest BCUT2D eigenvalue weighted by molar-refractivity contribution is 0.418. The van der Waals surface area contributed by atoms with Gasteiger partial charge in [0.15, 0.2) is 0 Å². The SMILES string of the molecule is Cl.NCc1cc2cc(F)c(C=Cc3ccon3)cc2[nH]1. The number of hydrogen-bond donors (Lipinski definition) is 2. The van der Waals surface area contributed by atoms with Crippen LogP contribution in [0, 0.1) is 5.82 Å². The Labute approximate surface area is 120 Å². The molecule has 0 aliphatic rings. The molecule has 3 aromatic rings. The summed E-state index contributed by atoms with van der Waals surface area (Å²) < 4.78 is 18.6. The molecule has 0 atom stereocenters. The van der Waals surface area contributed by atoms with Gasteiger partial charge in [-0.3, -0.25) is 0 Å². The third-order valence-corrected chi connectivity index (χ3v) is 2.91. The zero-order valence-corrected chi connectivity index (χ0v) is 11.3. The molecule has 0 radical (unpaired) electrons. The minimum Gasteiger partial charge on any atom is -0.364 e. The normalized spacial score (nSPS) is 11.1. The number of hydrogen-bond acceptors (Lipinski definition) is 3. The smallest absolute Gasteiger partial charge is 0.131 e. The first-order chi connectivity index (χ1) is 9.26. The molecule has 0 bridgehead atoms. The molecule has 2 aromatic heterocycles. The molecule has 20 heavy (non-hydrogen) atoms. The first kappa shape index (κ1) is 14.3. The van der Waals surface area contributed by atoms with Crippen LogP contribution in [-0.4, -0.2) is 10.1 Å². The number of benzene rings is 1. The van der Waals surface area contributed by atoms with E-state index in [4.69, 9.17) is 10.3 Å². The lowest BCUT2D eigenvalue weighted by Crippen LogP contribution is -1.94. The van der Waals surface area contributed by atoms with Crippen LogP contribution in [0.5, 0.6) is 0 Å². The summed E-state index contributed by atoms with van der Waals surface area (Å²) in [6, 6.07) is 6.80. The molecular weight excluding hydrogens is 281 g/mol. The lowest BCUT2D eigenvalue weighted by atomic mass is 10.1. The number of rotatable bonds is 3. The van der Waals surface area contributed by atoms with E-state index in [-0.39, 0.29) is 18.2 Å². The van der Waals surface area contributed by atoms with Gasteiger partial charge in [-0.1, -0.05) is 5.16 Å². The van der Waals surface area contributed by atoms with Crippen LogP contribution in [0.1, 0.15) is 17.0 Å². The van der Waals surface area contributed by atoms with Crippen LogP contribution in [0.4, 0.5) is 4.39 Å². The van der Waals surface area contributed by atoms with E-state index in [1.807, 2.05) is 6.07 Å². The number of aromatic amines is 1. The standard InChI is InChI=1S/C14H12FN3O.ClH/c15-13-6-10-5-12(8-16)17-14(10)7-9(13)1-2-11-3-4-19-18-11;/h1-7,17H,8,16H2;1H. The van der Waals surface area contributed by atoms with E-state index < -0.39 is 0 Å². The maximum Gasteiger partial charge on any atom is 0.131 e. The first-order valence-electron chi connectivity index (χ1n) is 5.86. The van der Waals surface area contributed by atoms with Crippen LogP contribution in [0.25, 0.3) is 23.1 Å². The fourth-order valence-electron chi connectivity index (χ4n) is 1.95. The Morgan fingerprint density at radius 1 is 1.30 bits per heavy atom. The predicted molar refractivity (Wildman–Crippen MR) is 78.8 cm³/mol. The molecule has 4 nitrogen and oxygen atoms in total. The summed E-state index contributed by atoms with van der Waals surface area (Å²) in [6.45, 7) is 0.403. The van der Waals surface area contributed by atoms with Crippen molar-refractivity contribution in [1.29, 1.82) is 0 Å². The van der Waals surface area contributed by atoms with Gasteiger partial charge in [0.1, 0.15) is 17.8 Å². The van der Waals surface area contributed by atoms with Crippen molar-refractivity contribution in [2.75, 3.05) is 0 Å². The van der Waals surface area contributed by atoms with Gasteiger partial charge in [0, 0.05) is 34.8 Å². The van der Waals surface area contributed by atoms with Crippen LogP contribution in [0.15, 0.2) is 35.1 Å². The van der Waals surface area contributed by atoms with Crippen LogP contribution >= 0.6 is 12.4 Å². The van der Waals surface area contributed by atoms with Gasteiger partial charge in [-0.25, -0.2) is 4.39 Å². The van der Waals surface area contributed by atoms with Gasteiger partial charge in [-0.05, 0) is 30.4 Å². The van der Waals surface area contributed by atoms with Gasteiger partial charge in [0.2, 0.25) is 0 Å². The minimum atomic E-state index is -0.283. The summed E-state index contributed by atoms with van der Waals surface area (Å²) in [5.41, 5.74) is 8.43. The molecule has 0 aliphatic carbocycles. The lowest BCUT2D eigenvalue weighted by Gasteiger charge is -1.97. The van der Waals surface area contributed by atoms with E-state index in [2.05, 4.69) is 10.1 Å². The fourth-order valence-corrected chi connectivity index (χ4v) is 1.95. The first-order valence-corrected chi connectivity index (χ1v) is 5.86. The van der Waals surface area contributed by atoms with E-state index in [9.17, 15) is 4.39 Å². The molecule has 1 aromatic carbocycles. The van der Waals surface area contributed by atoms with Gasteiger partial charge in [-0.15, -0.1) is 12.4 Å². The molecular formula is C14H13ClFN3O. The molecule has 6 heteroatoms. The van der Waals surface area contributed by atoms with Gasteiger partial charge < -0.3 is 15.2 Å². The Morgan fingerprint density at radius 2 is 2.15 bits per heavy atom. The third kappa shape index (κ3) is 2.74. The van der Waals surface area contributed by atoms with Gasteiger partial charge >= 0.3 is 0 Å². The Kier molecular flexibility index (Phi) is 4.22. The van der Waals surface area contributed by atoms with Crippen molar-refractivity contribution in [3.63, 3.8) is 0 Å². The van der Waals surface area contributed by atoms with Crippen LogP contribution in [-0.2, 0) is 6.54 Å². The highest BCUT2D eigenvalue weighted by atomic mass is 35.5. The van der Waals surface area contributed by atoms with Gasteiger partial charge in [0.05, 0.1) is 0 Å². The molecule has 0 saturated heterocycles. The Hall–Kier alpha value is -2.11. The van der Waals surface area contributed by atoms with Crippen molar-refractivity contribution < 1.29 is 8.91 Å². The second-order valence-corrected chi connectivity index (χ2v) is 4.22. The Bertz CT molecular complexity index is 734. The van der Waals surface area contributed by atoms with Crippen molar-refractivity contribution in [2.45, 2.75) is 6.54 Å². The number of fused-ring (bicyclic) bond motifs is 1. The summed E-state index contributed by atoms with van der Waals surface area (Å²) >= 11 is 0. The zero-order valence-electron chi connectivity index (χ0n) is 10.5. The molecule has 0 aliphatic heterocycles. The third-order valence-electron chi connectivity index (χ3n) is 2.91. The number of nitrogens with one attached hydrogen (secondary N) is 1. The van der Waals surface area contributed by atoms with Crippen LogP contribution in [0.2, 0.25) is 0 Å². The van der Waals surface area contributed by atoms with E-state index in [0.29, 0.717) is 17.8 Å². The highest BCUT2D eigenvalue weighted by Crippen LogP contribution is 2.21. The average molecular weight is 294 g/mol. The highest BCUT2D eigenvalue weighted by molar-refractivity contribution is 5.85. The summed E-state index contributed by atoms with van der Waals surface area (Å²) in [6.07, 6.45) is 4.83. The fraction of sp³-hybridized carbons (Fsp3) is 0.0714. The monoisotopic (exact) mass is 293 g/mol. The van der Waals surface area contributed by atoms with Crippen molar-refractivity contribution >= 4 is 35.5 Å². The molecule has 104 valence electrons. The zero-order chi connectivity index (χ0) is 13.2. The molecule has 3 N–H and O–H groups in total. The summed E-state index contributed by atoms with van der Waals surface area (Å²) in [5, 5.41) is 4.55. The molecule has 0 unspecified atom stereocenters. The quantitative estimate of drug-likeness (QED) is 0.778. The topological polar surface area (TPSA) is 67.8 Å². The van der Waals surface area contributed by atoms with Crippen molar-refractivity contribution in [1.82, 2.24) is 10.1 Å². The minimum absolute atomic E-state index is 0. The second kappa shape index (κ2) is 5.90. The van der Waals surface area contributed by atoms with Gasteiger partial charge in [0.25, 0.3) is 0 Å². The molecule has 0 fully saturated rings. The predicted octanol–water partition coefficient (Wildman–Crippen LogP) is 3.35. The maximum absolute atomic E-state index is 13.9. The highest BCUT2D eigenvalue weighted by Gasteiger charge is 2.05. The second-order valence-electron chi connectivity index (χ2n) is 4.22. The molecule has 0 spiro atoms. The summed E-state index contributed by atoms with van der Waals surface area (Å²) in [4.78, 5) is 3.15. The Morgan fingerprint density at radius 3 is 2.85 bits per heavy atom. The van der Waals surface area contributed by atoms with Crippen molar-refractivity contribution in [2.24, 2.45) is 5.73 Å². The van der Waals surface area contributed by atoms with Crippen LogP contribution in [0.3, 0.4) is 0 Å². The summed E-state index contributed by atoms with van der Waals surface area (Å²) in [7, 11) is 0. The maximum atomic E-state index is 13.9. The van der Waals surface area contributed by atoms with E-state index in [0.717, 1.165) is 16.6 Å². The van der Waals surface area contributed by atoms with E-state index in [1.165, 1.54) is 12.3 Å². The van der Waals surface area contributed by atoms with Gasteiger partial charge in [-0.2, -0.15) is 0 Å². The molecule has 2 heterocycles. The van der Waals surface area contributed by atoms with E-state index >= 15 is 0 Å². The number of aromatic nitrogens is 2. The summed E-state index contributed by atoms with van der Waals surface area (Å²) in [5.74, 6) is -0.283. The van der Waals surface area contributed by atoms with Crippen molar-refractivity contribution in [3.05, 3.63) is 53.3 Å². The van der Waals surface area contributed by atoms with Crippen LogP contribution < -0.4 is 5.73 Å². The number of halogens is 2. The molecule has 3 rings (SSSR count). The number of nitrogens with two attached hydrogens (primary N) is 1. The average Bonchev–Trinajstić information content (AvgIpc) is 3.04. The van der Waals surface area contributed by atoms with E-state index in [1.54, 1.807) is 24.3 Å². The number of nitrogens with zero attached hydrogens (tertiary/aromatic N) is 1. The molecule has 0 saturated carbocycles. The largest absolute Gasteiger partial charge is 0.364 e. The Balaban J connectivity index is 0.00000147.